The van der Waals surface area contributed by atoms with Crippen LogP contribution in [0.5, 0.6) is 0 Å². The molecule has 0 aliphatic carbocycles. The fourth-order valence-corrected chi connectivity index (χ4v) is 2.61. The Morgan fingerprint density at radius 1 is 1.00 bits per heavy atom. The molecule has 1 aromatic heterocycles. The fourth-order valence-electron chi connectivity index (χ4n) is 2.61. The molecule has 108 valence electrons. The van der Waals surface area contributed by atoms with E-state index in [1.54, 1.807) is 6.26 Å². The average Bonchev–Trinajstić information content (AvgIpc) is 2.99. The van der Waals surface area contributed by atoms with Gasteiger partial charge in [-0.25, -0.2) is 0 Å². The number of nitrogens with one attached hydrogen (secondary N) is 1. The Hall–Kier alpha value is -1.54. The van der Waals surface area contributed by atoms with E-state index in [9.17, 15) is 0 Å². The summed E-state index contributed by atoms with van der Waals surface area (Å²) in [4.78, 5) is 0. The van der Waals surface area contributed by atoms with Gasteiger partial charge in [0.15, 0.2) is 0 Å². The van der Waals surface area contributed by atoms with Gasteiger partial charge in [0.1, 0.15) is 5.76 Å². The number of hydrogen-bond donors (Lipinski definition) is 1. The van der Waals surface area contributed by atoms with E-state index < -0.39 is 0 Å². The van der Waals surface area contributed by atoms with E-state index in [1.165, 1.54) is 24.8 Å². The molecule has 0 bridgehead atoms. The third-order valence-corrected chi connectivity index (χ3v) is 3.67. The van der Waals surface area contributed by atoms with Gasteiger partial charge in [-0.05, 0) is 49.9 Å². The molecule has 2 nitrogen and oxygen atoms in total. The van der Waals surface area contributed by atoms with Crippen LogP contribution >= 0.6 is 0 Å². The second-order valence-electron chi connectivity index (χ2n) is 5.25. The standard InChI is InChI=1S/C18H25NO/c1-2-19-17(13-14-18-12-7-15-20-18)11-6-10-16-8-4-3-5-9-16/h3-5,7-9,12,15,17,19H,2,6,10-11,13-14H2,1H3. The van der Waals surface area contributed by atoms with Gasteiger partial charge in [-0.1, -0.05) is 37.3 Å². The van der Waals surface area contributed by atoms with Crippen molar-refractivity contribution < 1.29 is 4.42 Å². The molecule has 0 amide bonds. The van der Waals surface area contributed by atoms with Crippen molar-refractivity contribution in [1.29, 1.82) is 0 Å². The lowest BCUT2D eigenvalue weighted by Crippen LogP contribution is -2.29. The first-order valence-corrected chi connectivity index (χ1v) is 7.68. The summed E-state index contributed by atoms with van der Waals surface area (Å²) in [5, 5.41) is 3.59. The van der Waals surface area contributed by atoms with Crippen molar-refractivity contribution in [3.8, 4) is 0 Å². The lowest BCUT2D eigenvalue weighted by molar-refractivity contribution is 0.425. The molecule has 0 saturated carbocycles. The van der Waals surface area contributed by atoms with Crippen LogP contribution in [0.25, 0.3) is 0 Å². The van der Waals surface area contributed by atoms with Gasteiger partial charge in [0.05, 0.1) is 6.26 Å². The predicted molar refractivity (Wildman–Crippen MR) is 83.9 cm³/mol. The summed E-state index contributed by atoms with van der Waals surface area (Å²) in [6, 6.07) is 15.4. The maximum Gasteiger partial charge on any atom is 0.103 e. The van der Waals surface area contributed by atoms with Gasteiger partial charge < -0.3 is 9.73 Å². The molecule has 1 atom stereocenters. The molecule has 0 spiro atoms. The van der Waals surface area contributed by atoms with Crippen LogP contribution in [0.2, 0.25) is 0 Å². The third-order valence-electron chi connectivity index (χ3n) is 3.67. The smallest absolute Gasteiger partial charge is 0.103 e. The monoisotopic (exact) mass is 271 g/mol. The van der Waals surface area contributed by atoms with E-state index in [-0.39, 0.29) is 0 Å². The molecule has 0 aliphatic rings. The zero-order valence-electron chi connectivity index (χ0n) is 12.3. The van der Waals surface area contributed by atoms with Crippen LogP contribution in [0.1, 0.15) is 37.5 Å². The zero-order valence-corrected chi connectivity index (χ0v) is 12.3. The number of rotatable bonds is 9. The Morgan fingerprint density at radius 2 is 1.85 bits per heavy atom. The molecule has 0 saturated heterocycles. The Balaban J connectivity index is 1.71. The van der Waals surface area contributed by atoms with Gasteiger partial charge in [-0.15, -0.1) is 0 Å². The van der Waals surface area contributed by atoms with E-state index in [0.29, 0.717) is 6.04 Å². The third kappa shape index (κ3) is 5.22. The van der Waals surface area contributed by atoms with Crippen molar-refractivity contribution in [3.05, 3.63) is 60.1 Å². The summed E-state index contributed by atoms with van der Waals surface area (Å²) in [6.07, 6.45) is 7.56. The first kappa shape index (κ1) is 14.9. The average molecular weight is 271 g/mol. The molecule has 1 heterocycles. The molecule has 2 aromatic rings. The summed E-state index contributed by atoms with van der Waals surface area (Å²) < 4.78 is 5.41. The van der Waals surface area contributed by atoms with Crippen molar-refractivity contribution in [1.82, 2.24) is 5.32 Å². The fraction of sp³-hybridized carbons (Fsp3) is 0.444. The largest absolute Gasteiger partial charge is 0.469 e. The van der Waals surface area contributed by atoms with Crippen molar-refractivity contribution in [2.24, 2.45) is 0 Å². The van der Waals surface area contributed by atoms with Gasteiger partial charge >= 0.3 is 0 Å². The molecule has 2 heteroatoms. The molecule has 0 radical (unpaired) electrons. The van der Waals surface area contributed by atoms with Crippen molar-refractivity contribution in [2.45, 2.75) is 45.1 Å². The van der Waals surface area contributed by atoms with Crippen LogP contribution < -0.4 is 5.32 Å². The van der Waals surface area contributed by atoms with E-state index in [1.807, 2.05) is 6.07 Å². The summed E-state index contributed by atoms with van der Waals surface area (Å²) in [5.74, 6) is 1.09. The lowest BCUT2D eigenvalue weighted by Gasteiger charge is -2.17. The minimum Gasteiger partial charge on any atom is -0.469 e. The highest BCUT2D eigenvalue weighted by Crippen LogP contribution is 2.12. The molecule has 0 fully saturated rings. The van der Waals surface area contributed by atoms with E-state index in [4.69, 9.17) is 4.42 Å². The Bertz CT molecular complexity index is 450. The summed E-state index contributed by atoms with van der Waals surface area (Å²) in [7, 11) is 0. The van der Waals surface area contributed by atoms with Gasteiger partial charge in [-0.2, -0.15) is 0 Å². The van der Waals surface area contributed by atoms with Crippen LogP contribution in [-0.4, -0.2) is 12.6 Å². The number of furan rings is 1. The van der Waals surface area contributed by atoms with Crippen LogP contribution in [0.15, 0.2) is 53.1 Å². The van der Waals surface area contributed by atoms with E-state index in [0.717, 1.165) is 25.1 Å². The maximum atomic E-state index is 5.41. The summed E-state index contributed by atoms with van der Waals surface area (Å²) in [6.45, 7) is 3.21. The van der Waals surface area contributed by atoms with Crippen molar-refractivity contribution >= 4 is 0 Å². The molecular weight excluding hydrogens is 246 g/mol. The Kier molecular flexibility index (Phi) is 6.39. The second kappa shape index (κ2) is 8.60. The van der Waals surface area contributed by atoms with Crippen molar-refractivity contribution in [2.75, 3.05) is 6.54 Å². The summed E-state index contributed by atoms with van der Waals surface area (Å²) in [5.41, 5.74) is 1.44. The molecule has 1 aromatic carbocycles. The maximum absolute atomic E-state index is 5.41. The topological polar surface area (TPSA) is 25.2 Å². The molecule has 2 rings (SSSR count). The highest BCUT2D eigenvalue weighted by Gasteiger charge is 2.08. The molecule has 0 aliphatic heterocycles. The highest BCUT2D eigenvalue weighted by molar-refractivity contribution is 5.14. The van der Waals surface area contributed by atoms with E-state index >= 15 is 0 Å². The molecule has 20 heavy (non-hydrogen) atoms. The van der Waals surface area contributed by atoms with Gasteiger partial charge in [0.25, 0.3) is 0 Å². The quantitative estimate of drug-likeness (QED) is 0.739. The minimum atomic E-state index is 0.591. The first-order valence-electron chi connectivity index (χ1n) is 7.68. The number of hydrogen-bond acceptors (Lipinski definition) is 2. The highest BCUT2D eigenvalue weighted by atomic mass is 16.3. The van der Waals surface area contributed by atoms with Crippen LogP contribution in [0.4, 0.5) is 0 Å². The molecular formula is C18H25NO. The lowest BCUT2D eigenvalue weighted by atomic mass is 10.0. The van der Waals surface area contributed by atoms with Gasteiger partial charge in [0, 0.05) is 12.5 Å². The van der Waals surface area contributed by atoms with Crippen molar-refractivity contribution in [3.63, 3.8) is 0 Å². The Morgan fingerprint density at radius 3 is 2.55 bits per heavy atom. The number of aryl methyl sites for hydroxylation is 2. The predicted octanol–water partition coefficient (Wildman–Crippen LogP) is 4.21. The molecule has 1 N–H and O–H groups in total. The first-order chi connectivity index (χ1) is 9.88. The minimum absolute atomic E-state index is 0.591. The SMILES string of the molecule is CCNC(CCCc1ccccc1)CCc1ccco1. The van der Waals surface area contributed by atoms with E-state index in [2.05, 4.69) is 48.6 Å². The van der Waals surface area contributed by atoms with Gasteiger partial charge in [0.2, 0.25) is 0 Å². The van der Waals surface area contributed by atoms with Crippen LogP contribution in [0.3, 0.4) is 0 Å². The summed E-state index contributed by atoms with van der Waals surface area (Å²) >= 11 is 0. The zero-order chi connectivity index (χ0) is 14.0. The molecule has 1 unspecified atom stereocenters. The second-order valence-corrected chi connectivity index (χ2v) is 5.25. The van der Waals surface area contributed by atoms with Crippen LogP contribution in [0, 0.1) is 0 Å². The van der Waals surface area contributed by atoms with Crippen LogP contribution in [-0.2, 0) is 12.8 Å². The normalized spacial score (nSPS) is 12.4. The Labute approximate surface area is 122 Å². The number of benzene rings is 1. The van der Waals surface area contributed by atoms with Gasteiger partial charge in [-0.3, -0.25) is 0 Å².